The van der Waals surface area contributed by atoms with Gasteiger partial charge in [-0.1, -0.05) is 10.6 Å². The minimum absolute atomic E-state index is 0.156. The van der Waals surface area contributed by atoms with E-state index in [1.165, 1.54) is 11.5 Å². The van der Waals surface area contributed by atoms with Gasteiger partial charge in [0.1, 0.15) is 6.54 Å². The number of nitrogens with zero attached hydrogens (tertiary/aromatic N) is 3. The molecular formula is C8H9N3O3S. The topological polar surface area (TPSA) is 83.4 Å². The van der Waals surface area contributed by atoms with Crippen LogP contribution in [0.1, 0.15) is 10.5 Å². The number of rotatable bonds is 5. The number of aromatic nitrogens is 2. The van der Waals surface area contributed by atoms with E-state index in [2.05, 4.69) is 16.2 Å². The first kappa shape index (κ1) is 11.3. The molecule has 80 valence electrons. The van der Waals surface area contributed by atoms with Gasteiger partial charge in [0.25, 0.3) is 5.91 Å². The largest absolute Gasteiger partial charge is 0.480 e. The summed E-state index contributed by atoms with van der Waals surface area (Å²) in [6.45, 7) is 3.25. The van der Waals surface area contributed by atoms with Gasteiger partial charge in [0.05, 0.1) is 0 Å². The monoisotopic (exact) mass is 227 g/mol. The number of hydrogen-bond acceptors (Lipinski definition) is 5. The van der Waals surface area contributed by atoms with Gasteiger partial charge in [0, 0.05) is 11.9 Å². The lowest BCUT2D eigenvalue weighted by atomic mass is 10.3. The van der Waals surface area contributed by atoms with Crippen LogP contribution in [0.4, 0.5) is 0 Å². The number of carbonyl (C=O) groups is 2. The predicted octanol–water partition coefficient (Wildman–Crippen LogP) is 0.251. The summed E-state index contributed by atoms with van der Waals surface area (Å²) < 4.78 is 3.54. The van der Waals surface area contributed by atoms with Crippen molar-refractivity contribution in [3.05, 3.63) is 23.7 Å². The molecule has 0 saturated carbocycles. The maximum absolute atomic E-state index is 11.7. The highest BCUT2D eigenvalue weighted by Gasteiger charge is 2.19. The first-order chi connectivity index (χ1) is 7.15. The molecule has 1 N–H and O–H groups in total. The van der Waals surface area contributed by atoms with Gasteiger partial charge >= 0.3 is 5.97 Å². The Kier molecular flexibility index (Phi) is 3.92. The van der Waals surface area contributed by atoms with E-state index in [9.17, 15) is 9.59 Å². The number of carboxylic acid groups (broad SMARTS) is 1. The zero-order chi connectivity index (χ0) is 11.3. The Labute approximate surface area is 90.0 Å². The van der Waals surface area contributed by atoms with Crippen LogP contribution in [0, 0.1) is 0 Å². The fourth-order valence-electron chi connectivity index (χ4n) is 0.958. The second kappa shape index (κ2) is 5.20. The molecule has 0 saturated heterocycles. The third kappa shape index (κ3) is 3.13. The molecule has 0 fully saturated rings. The fraction of sp³-hybridized carbons (Fsp3) is 0.250. The van der Waals surface area contributed by atoms with Crippen molar-refractivity contribution in [1.29, 1.82) is 0 Å². The molecule has 1 aromatic heterocycles. The first-order valence-corrected chi connectivity index (χ1v) is 4.88. The van der Waals surface area contributed by atoms with Crippen LogP contribution >= 0.6 is 11.5 Å². The van der Waals surface area contributed by atoms with Crippen LogP contribution < -0.4 is 0 Å². The summed E-state index contributed by atoms with van der Waals surface area (Å²) in [5, 5.41) is 13.6. The second-order valence-corrected chi connectivity index (χ2v) is 3.27. The summed E-state index contributed by atoms with van der Waals surface area (Å²) in [7, 11) is 0. The molecular weight excluding hydrogens is 218 g/mol. The summed E-state index contributed by atoms with van der Waals surface area (Å²) in [5.74, 6) is -1.53. The summed E-state index contributed by atoms with van der Waals surface area (Å²) in [5.41, 5.74) is 0.156. The molecule has 1 heterocycles. The summed E-state index contributed by atoms with van der Waals surface area (Å²) in [4.78, 5) is 23.3. The van der Waals surface area contributed by atoms with E-state index in [1.807, 2.05) is 0 Å². The van der Waals surface area contributed by atoms with Crippen LogP contribution in [0.3, 0.4) is 0 Å². The third-order valence-corrected chi connectivity index (χ3v) is 2.05. The van der Waals surface area contributed by atoms with E-state index in [-0.39, 0.29) is 18.8 Å². The minimum atomic E-state index is -1.08. The molecule has 0 radical (unpaired) electrons. The van der Waals surface area contributed by atoms with Gasteiger partial charge in [-0.15, -0.1) is 11.7 Å². The molecule has 6 nitrogen and oxygen atoms in total. The van der Waals surface area contributed by atoms with E-state index in [1.54, 1.807) is 0 Å². The van der Waals surface area contributed by atoms with Gasteiger partial charge in [-0.05, 0) is 11.5 Å². The van der Waals surface area contributed by atoms with Gasteiger partial charge in [0.2, 0.25) is 0 Å². The van der Waals surface area contributed by atoms with E-state index in [4.69, 9.17) is 5.11 Å². The van der Waals surface area contributed by atoms with Crippen molar-refractivity contribution in [2.75, 3.05) is 13.1 Å². The molecule has 0 bridgehead atoms. The lowest BCUT2D eigenvalue weighted by molar-refractivity contribution is -0.137. The Morgan fingerprint density at radius 1 is 1.67 bits per heavy atom. The lowest BCUT2D eigenvalue weighted by Crippen LogP contribution is -2.35. The molecule has 0 atom stereocenters. The standard InChI is InChI=1S/C8H9N3O3S/c1-2-3-11(4-7(12)13)8(14)6-5-15-10-9-6/h2,5H,1,3-4H2,(H,12,13). The van der Waals surface area contributed by atoms with Crippen molar-refractivity contribution in [3.8, 4) is 0 Å². The molecule has 0 aromatic carbocycles. The molecule has 1 amide bonds. The maximum Gasteiger partial charge on any atom is 0.323 e. The SMILES string of the molecule is C=CCN(CC(=O)O)C(=O)c1csnn1. The fourth-order valence-corrected chi connectivity index (χ4v) is 1.39. The Balaban J connectivity index is 2.75. The van der Waals surface area contributed by atoms with E-state index >= 15 is 0 Å². The van der Waals surface area contributed by atoms with Crippen LogP contribution in [-0.4, -0.2) is 44.6 Å². The van der Waals surface area contributed by atoms with Gasteiger partial charge in [-0.2, -0.15) is 0 Å². The molecule has 0 aliphatic rings. The van der Waals surface area contributed by atoms with Gasteiger partial charge < -0.3 is 10.0 Å². The van der Waals surface area contributed by atoms with Crippen LogP contribution in [0.2, 0.25) is 0 Å². The highest BCUT2D eigenvalue weighted by Crippen LogP contribution is 2.03. The number of carboxylic acids is 1. The Bertz CT molecular complexity index is 363. The molecule has 0 unspecified atom stereocenters. The highest BCUT2D eigenvalue weighted by atomic mass is 32.1. The van der Waals surface area contributed by atoms with Crippen molar-refractivity contribution in [2.45, 2.75) is 0 Å². The minimum Gasteiger partial charge on any atom is -0.480 e. The molecule has 0 aliphatic carbocycles. The van der Waals surface area contributed by atoms with E-state index in [0.29, 0.717) is 0 Å². The van der Waals surface area contributed by atoms with Crippen molar-refractivity contribution in [1.82, 2.24) is 14.5 Å². The molecule has 0 aliphatic heterocycles. The first-order valence-electron chi connectivity index (χ1n) is 4.04. The smallest absolute Gasteiger partial charge is 0.323 e. The average Bonchev–Trinajstić information content (AvgIpc) is 2.68. The number of carbonyl (C=O) groups excluding carboxylic acids is 1. The van der Waals surface area contributed by atoms with E-state index < -0.39 is 11.9 Å². The molecule has 7 heteroatoms. The normalized spacial score (nSPS) is 9.60. The second-order valence-electron chi connectivity index (χ2n) is 2.66. The number of amides is 1. The predicted molar refractivity (Wildman–Crippen MR) is 53.6 cm³/mol. The van der Waals surface area contributed by atoms with Crippen LogP contribution in [0.15, 0.2) is 18.0 Å². The van der Waals surface area contributed by atoms with Crippen LogP contribution in [0.5, 0.6) is 0 Å². The Morgan fingerprint density at radius 2 is 2.40 bits per heavy atom. The molecule has 1 rings (SSSR count). The highest BCUT2D eigenvalue weighted by molar-refractivity contribution is 7.03. The third-order valence-electron chi connectivity index (χ3n) is 1.54. The average molecular weight is 227 g/mol. The van der Waals surface area contributed by atoms with Gasteiger partial charge in [-0.3, -0.25) is 9.59 Å². The zero-order valence-electron chi connectivity index (χ0n) is 7.79. The quantitative estimate of drug-likeness (QED) is 0.729. The maximum atomic E-state index is 11.7. The lowest BCUT2D eigenvalue weighted by Gasteiger charge is -2.16. The molecule has 0 spiro atoms. The van der Waals surface area contributed by atoms with E-state index in [0.717, 1.165) is 16.4 Å². The van der Waals surface area contributed by atoms with Crippen LogP contribution in [-0.2, 0) is 4.79 Å². The Hall–Kier alpha value is -1.76. The Morgan fingerprint density at radius 3 is 2.87 bits per heavy atom. The number of aliphatic carboxylic acids is 1. The van der Waals surface area contributed by atoms with Crippen LogP contribution in [0.25, 0.3) is 0 Å². The van der Waals surface area contributed by atoms with Crippen molar-refractivity contribution in [2.24, 2.45) is 0 Å². The zero-order valence-corrected chi connectivity index (χ0v) is 8.61. The van der Waals surface area contributed by atoms with Crippen molar-refractivity contribution < 1.29 is 14.7 Å². The number of hydrogen-bond donors (Lipinski definition) is 1. The van der Waals surface area contributed by atoms with Crippen molar-refractivity contribution >= 4 is 23.4 Å². The summed E-state index contributed by atoms with van der Waals surface area (Å²) >= 11 is 1.04. The molecule has 1 aromatic rings. The van der Waals surface area contributed by atoms with Gasteiger partial charge in [-0.25, -0.2) is 0 Å². The summed E-state index contributed by atoms with van der Waals surface area (Å²) in [6.07, 6.45) is 1.46. The van der Waals surface area contributed by atoms with Crippen molar-refractivity contribution in [3.63, 3.8) is 0 Å². The summed E-state index contributed by atoms with van der Waals surface area (Å²) in [6, 6.07) is 0. The van der Waals surface area contributed by atoms with Gasteiger partial charge in [0.15, 0.2) is 5.69 Å². The molecule has 15 heavy (non-hydrogen) atoms.